The SMILES string of the molecule is O=C1c2ccccc2C(=O)C1C1(C2C(=O)c3ccccc3C2=O)C(=O)c2cccc3cccc1c23. The molecule has 35 heavy (non-hydrogen) atoms. The topological polar surface area (TPSA) is 85.3 Å². The van der Waals surface area contributed by atoms with Crippen LogP contribution in [-0.4, -0.2) is 28.9 Å². The van der Waals surface area contributed by atoms with Gasteiger partial charge < -0.3 is 0 Å². The summed E-state index contributed by atoms with van der Waals surface area (Å²) in [5.74, 6) is -5.64. The maximum atomic E-state index is 14.4. The molecule has 0 saturated carbocycles. The van der Waals surface area contributed by atoms with Crippen LogP contribution in [0.15, 0.2) is 84.9 Å². The zero-order valence-corrected chi connectivity index (χ0v) is 18.3. The average Bonchev–Trinajstić information content (AvgIpc) is 3.40. The Labute approximate surface area is 199 Å². The Morgan fingerprint density at radius 3 is 1.31 bits per heavy atom. The Morgan fingerprint density at radius 1 is 0.457 bits per heavy atom. The van der Waals surface area contributed by atoms with E-state index in [0.29, 0.717) is 16.5 Å². The van der Waals surface area contributed by atoms with Crippen LogP contribution in [0, 0.1) is 11.8 Å². The first-order chi connectivity index (χ1) is 17.0. The minimum atomic E-state index is -1.95. The zero-order chi connectivity index (χ0) is 24.1. The van der Waals surface area contributed by atoms with Crippen LogP contribution >= 0.6 is 0 Å². The van der Waals surface area contributed by atoms with Gasteiger partial charge in [-0.2, -0.15) is 0 Å². The Morgan fingerprint density at radius 2 is 0.857 bits per heavy atom. The molecule has 4 aromatic rings. The second kappa shape index (κ2) is 6.54. The molecule has 0 spiro atoms. The van der Waals surface area contributed by atoms with E-state index in [4.69, 9.17) is 0 Å². The van der Waals surface area contributed by atoms with Gasteiger partial charge in [-0.3, -0.25) is 24.0 Å². The van der Waals surface area contributed by atoms with E-state index < -0.39 is 46.2 Å². The lowest BCUT2D eigenvalue weighted by molar-refractivity contribution is 0.0534. The molecule has 5 heteroatoms. The van der Waals surface area contributed by atoms with Gasteiger partial charge in [-0.15, -0.1) is 0 Å². The van der Waals surface area contributed by atoms with Crippen LogP contribution in [-0.2, 0) is 5.41 Å². The Balaban J connectivity index is 1.59. The molecule has 0 saturated heterocycles. The summed E-state index contributed by atoms with van der Waals surface area (Å²) in [7, 11) is 0. The van der Waals surface area contributed by atoms with Crippen molar-refractivity contribution in [2.24, 2.45) is 11.8 Å². The van der Waals surface area contributed by atoms with Gasteiger partial charge in [0, 0.05) is 27.8 Å². The number of hydrogen-bond acceptors (Lipinski definition) is 5. The molecule has 0 N–H and O–H groups in total. The smallest absolute Gasteiger partial charge is 0.176 e. The number of hydrogen-bond donors (Lipinski definition) is 0. The second-order valence-electron chi connectivity index (χ2n) is 9.32. The number of fused-ring (bicyclic) bond motifs is 2. The van der Waals surface area contributed by atoms with Gasteiger partial charge >= 0.3 is 0 Å². The van der Waals surface area contributed by atoms with E-state index in [9.17, 15) is 24.0 Å². The first kappa shape index (κ1) is 19.9. The molecule has 7 rings (SSSR count). The van der Waals surface area contributed by atoms with Gasteiger partial charge in [-0.05, 0) is 16.3 Å². The molecule has 0 atom stereocenters. The van der Waals surface area contributed by atoms with Crippen LogP contribution in [0.2, 0.25) is 0 Å². The summed E-state index contributed by atoms with van der Waals surface area (Å²) in [6.45, 7) is 0. The van der Waals surface area contributed by atoms with Gasteiger partial charge in [-0.25, -0.2) is 0 Å². The van der Waals surface area contributed by atoms with E-state index in [1.165, 1.54) is 0 Å². The van der Waals surface area contributed by atoms with E-state index in [1.54, 1.807) is 72.8 Å². The Kier molecular flexibility index (Phi) is 3.72. The maximum Gasteiger partial charge on any atom is 0.176 e. The normalized spacial score (nSPS) is 18.6. The van der Waals surface area contributed by atoms with Crippen LogP contribution in [0.5, 0.6) is 0 Å². The van der Waals surface area contributed by atoms with Crippen molar-refractivity contribution in [2.75, 3.05) is 0 Å². The van der Waals surface area contributed by atoms with Crippen molar-refractivity contribution < 1.29 is 24.0 Å². The summed E-state index contributed by atoms with van der Waals surface area (Å²) >= 11 is 0. The molecule has 5 nitrogen and oxygen atoms in total. The monoisotopic (exact) mass is 456 g/mol. The second-order valence-corrected chi connectivity index (χ2v) is 9.32. The first-order valence-electron chi connectivity index (χ1n) is 11.4. The van der Waals surface area contributed by atoms with E-state index >= 15 is 0 Å². The lowest BCUT2D eigenvalue weighted by atomic mass is 9.58. The lowest BCUT2D eigenvalue weighted by Gasteiger charge is -2.37. The highest BCUT2D eigenvalue weighted by Crippen LogP contribution is 2.57. The fourth-order valence-corrected chi connectivity index (χ4v) is 6.47. The van der Waals surface area contributed by atoms with Gasteiger partial charge in [0.1, 0.15) is 11.8 Å². The Hall–Kier alpha value is -4.51. The van der Waals surface area contributed by atoms with Crippen molar-refractivity contribution in [3.05, 3.63) is 118 Å². The summed E-state index contributed by atoms with van der Waals surface area (Å²) in [5.41, 5.74) is -0.368. The predicted octanol–water partition coefficient (Wildman–Crippen LogP) is 4.66. The van der Waals surface area contributed by atoms with Gasteiger partial charge in [0.2, 0.25) is 0 Å². The fraction of sp³-hybridized carbons (Fsp3) is 0.100. The molecule has 0 heterocycles. The summed E-state index contributed by atoms with van der Waals surface area (Å²) in [6.07, 6.45) is 0. The molecule has 3 aliphatic rings. The zero-order valence-electron chi connectivity index (χ0n) is 18.3. The molecule has 4 aromatic carbocycles. The predicted molar refractivity (Wildman–Crippen MR) is 127 cm³/mol. The number of carbonyl (C=O) groups excluding carboxylic acids is 5. The molecule has 0 bridgehead atoms. The molecule has 0 radical (unpaired) electrons. The van der Waals surface area contributed by atoms with E-state index in [1.807, 2.05) is 12.1 Å². The molecule has 0 aliphatic heterocycles. The summed E-state index contributed by atoms with van der Waals surface area (Å²) in [6, 6.07) is 23.3. The quantitative estimate of drug-likeness (QED) is 0.410. The van der Waals surface area contributed by atoms with E-state index in [0.717, 1.165) is 5.39 Å². The number of Topliss-reactive ketones (excluding diaryl/α,β-unsaturated/α-hetero) is 5. The Bertz CT molecular complexity index is 1560. The third kappa shape index (κ3) is 2.16. The van der Waals surface area contributed by atoms with Crippen molar-refractivity contribution in [3.63, 3.8) is 0 Å². The van der Waals surface area contributed by atoms with E-state index in [-0.39, 0.29) is 22.3 Å². The lowest BCUT2D eigenvalue weighted by Crippen LogP contribution is -2.54. The van der Waals surface area contributed by atoms with Gasteiger partial charge in [0.25, 0.3) is 0 Å². The van der Waals surface area contributed by atoms with Crippen molar-refractivity contribution in [1.29, 1.82) is 0 Å². The third-order valence-corrected chi connectivity index (χ3v) is 7.85. The van der Waals surface area contributed by atoms with E-state index in [2.05, 4.69) is 0 Å². The minimum Gasteiger partial charge on any atom is -0.293 e. The van der Waals surface area contributed by atoms with Crippen molar-refractivity contribution in [1.82, 2.24) is 0 Å². The van der Waals surface area contributed by atoms with Crippen molar-refractivity contribution >= 4 is 39.7 Å². The van der Waals surface area contributed by atoms with Crippen molar-refractivity contribution in [3.8, 4) is 0 Å². The molecule has 0 fully saturated rings. The minimum absolute atomic E-state index is 0.216. The largest absolute Gasteiger partial charge is 0.293 e. The molecule has 0 unspecified atom stereocenters. The number of ketones is 5. The molecular formula is C30H16O5. The van der Waals surface area contributed by atoms with Gasteiger partial charge in [0.05, 0.1) is 5.41 Å². The molecule has 3 aliphatic carbocycles. The van der Waals surface area contributed by atoms with Crippen LogP contribution in [0.25, 0.3) is 10.8 Å². The van der Waals surface area contributed by atoms with Crippen LogP contribution in [0.1, 0.15) is 57.4 Å². The molecule has 166 valence electrons. The highest BCUT2D eigenvalue weighted by molar-refractivity contribution is 6.38. The highest BCUT2D eigenvalue weighted by Gasteiger charge is 2.68. The van der Waals surface area contributed by atoms with Crippen LogP contribution < -0.4 is 0 Å². The van der Waals surface area contributed by atoms with Gasteiger partial charge in [0.15, 0.2) is 28.9 Å². The first-order valence-corrected chi connectivity index (χ1v) is 11.4. The van der Waals surface area contributed by atoms with Crippen molar-refractivity contribution in [2.45, 2.75) is 5.41 Å². The third-order valence-electron chi connectivity index (χ3n) is 7.85. The number of rotatable bonds is 2. The highest BCUT2D eigenvalue weighted by atomic mass is 16.2. The standard InChI is InChI=1S/C30H16O5/c31-25-16-9-1-2-10-17(16)26(32)23(25)30(24-27(33)18-11-3-4-12-19(18)28(24)34)21-14-6-8-15-7-5-13-20(22(15)21)29(30)35/h1-14,23-24H. The molecule has 0 aromatic heterocycles. The maximum absolute atomic E-state index is 14.4. The molecule has 0 amide bonds. The summed E-state index contributed by atoms with van der Waals surface area (Å²) in [5, 5.41) is 1.34. The van der Waals surface area contributed by atoms with Crippen LogP contribution in [0.4, 0.5) is 0 Å². The number of benzene rings is 4. The summed E-state index contributed by atoms with van der Waals surface area (Å²) in [4.78, 5) is 69.9. The van der Waals surface area contributed by atoms with Crippen LogP contribution in [0.3, 0.4) is 0 Å². The average molecular weight is 456 g/mol. The van der Waals surface area contributed by atoms with Gasteiger partial charge in [-0.1, -0.05) is 84.9 Å². The fourth-order valence-electron chi connectivity index (χ4n) is 6.47. The molecular weight excluding hydrogens is 440 g/mol. The number of carbonyl (C=O) groups is 5. The summed E-state index contributed by atoms with van der Waals surface area (Å²) < 4.78 is 0.